The Labute approximate surface area is 286 Å². The summed E-state index contributed by atoms with van der Waals surface area (Å²) >= 11 is 6.31. The van der Waals surface area contributed by atoms with E-state index in [1.54, 1.807) is 27.7 Å². The molecule has 48 heavy (non-hydrogen) atoms. The zero-order chi connectivity index (χ0) is 34.7. The summed E-state index contributed by atoms with van der Waals surface area (Å²) in [6.45, 7) is 8.70. The number of hydrogen-bond donors (Lipinski definition) is 2. The van der Waals surface area contributed by atoms with Gasteiger partial charge in [0.25, 0.3) is 0 Å². The van der Waals surface area contributed by atoms with Crippen molar-refractivity contribution in [3.8, 4) is 0 Å². The van der Waals surface area contributed by atoms with Gasteiger partial charge in [-0.2, -0.15) is 0 Å². The minimum absolute atomic E-state index is 0.00307. The summed E-state index contributed by atoms with van der Waals surface area (Å²) < 4.78 is 60.5. The Kier molecular flexibility index (Phi) is 14.9. The number of anilines is 1. The molecule has 18 heteroatoms. The van der Waals surface area contributed by atoms with Crippen LogP contribution in [0, 0.1) is 0 Å². The molecule has 0 aromatic carbocycles. The smallest absolute Gasteiger partial charge is 0.432 e. The van der Waals surface area contributed by atoms with E-state index in [-0.39, 0.29) is 42.2 Å². The van der Waals surface area contributed by atoms with Crippen LogP contribution in [0.4, 0.5) is 15.4 Å². The molecule has 3 aliphatic rings. The molecular weight excluding hydrogens is 675 g/mol. The molecule has 0 aliphatic carbocycles. The number of hydrogen-bond acceptors (Lipinski definition) is 16. The lowest BCUT2D eigenvalue weighted by Gasteiger charge is -2.25. The molecule has 16 nitrogen and oxygen atoms in total. The van der Waals surface area contributed by atoms with E-state index in [9.17, 15) is 14.2 Å². The van der Waals surface area contributed by atoms with E-state index in [4.69, 9.17) is 53.8 Å². The van der Waals surface area contributed by atoms with Gasteiger partial charge < -0.3 is 43.8 Å². The number of carbonyl (C=O) groups excluding carboxylic acids is 2. The van der Waals surface area contributed by atoms with Crippen LogP contribution in [-0.4, -0.2) is 98.5 Å². The molecule has 4 heterocycles. The number of aromatic nitrogens is 2. The lowest BCUT2D eigenvalue weighted by molar-refractivity contribution is -0.0401. The second-order valence-corrected chi connectivity index (χ2v) is 14.8. The number of nitrogens with one attached hydrogen (secondary N) is 2. The Morgan fingerprint density at radius 1 is 1.00 bits per heavy atom. The van der Waals surface area contributed by atoms with Crippen molar-refractivity contribution in [1.29, 1.82) is 0 Å². The molecule has 0 radical (unpaired) electrons. The maximum Gasteiger partial charge on any atom is 0.510 e. The fraction of sp³-hybridized carbons (Fsp3) is 0.800. The zero-order valence-corrected chi connectivity index (χ0v) is 29.8. The second-order valence-electron chi connectivity index (χ2n) is 12.5. The van der Waals surface area contributed by atoms with E-state index < -0.39 is 52.0 Å². The summed E-state index contributed by atoms with van der Waals surface area (Å²) in [5.74, 6) is 0.754. The third kappa shape index (κ3) is 12.5. The Morgan fingerprint density at radius 3 is 2.29 bits per heavy atom. The average Bonchev–Trinajstić information content (AvgIpc) is 3.63. The fourth-order valence-electron chi connectivity index (χ4n) is 5.66. The van der Waals surface area contributed by atoms with Crippen LogP contribution in [0.25, 0.3) is 0 Å². The van der Waals surface area contributed by atoms with Crippen molar-refractivity contribution in [2.75, 3.05) is 45.1 Å². The van der Waals surface area contributed by atoms with Crippen molar-refractivity contribution in [2.45, 2.75) is 116 Å². The van der Waals surface area contributed by atoms with Gasteiger partial charge in [0.1, 0.15) is 12.2 Å². The van der Waals surface area contributed by atoms with Crippen LogP contribution in [0.3, 0.4) is 0 Å². The average molecular weight is 723 g/mol. The van der Waals surface area contributed by atoms with Gasteiger partial charge in [0.15, 0.2) is 0 Å². The number of nitrogens with zero attached hydrogens (tertiary/aromatic N) is 2. The van der Waals surface area contributed by atoms with Gasteiger partial charge in [-0.1, -0.05) is 0 Å². The lowest BCUT2D eigenvalue weighted by atomic mass is 10.0. The van der Waals surface area contributed by atoms with Crippen molar-refractivity contribution in [1.82, 2.24) is 15.3 Å². The van der Waals surface area contributed by atoms with Crippen LogP contribution in [0.15, 0.2) is 0 Å². The monoisotopic (exact) mass is 722 g/mol. The molecule has 4 unspecified atom stereocenters. The van der Waals surface area contributed by atoms with Crippen molar-refractivity contribution in [2.24, 2.45) is 0 Å². The third-order valence-electron chi connectivity index (χ3n) is 7.73. The van der Waals surface area contributed by atoms with Gasteiger partial charge in [0, 0.05) is 24.3 Å². The topological polar surface area (TPSA) is 184 Å². The largest absolute Gasteiger partial charge is 0.510 e. The molecule has 0 spiro atoms. The van der Waals surface area contributed by atoms with Crippen LogP contribution in [0.2, 0.25) is 5.28 Å². The maximum atomic E-state index is 13.3. The first-order valence-corrected chi connectivity index (χ1v) is 18.4. The van der Waals surface area contributed by atoms with Gasteiger partial charge in [0.05, 0.1) is 49.4 Å². The second kappa shape index (κ2) is 18.6. The van der Waals surface area contributed by atoms with Crippen LogP contribution in [0.1, 0.15) is 84.0 Å². The zero-order valence-electron chi connectivity index (χ0n) is 28.1. The lowest BCUT2D eigenvalue weighted by Crippen LogP contribution is -2.34. The number of rotatable bonds is 16. The molecule has 0 saturated carbocycles. The molecule has 0 amide bonds. The fourth-order valence-corrected chi connectivity index (χ4v) is 6.83. The summed E-state index contributed by atoms with van der Waals surface area (Å²) in [6, 6.07) is 0.358. The normalized spacial score (nSPS) is 24.3. The van der Waals surface area contributed by atoms with E-state index >= 15 is 0 Å². The Hall–Kier alpha value is -2.30. The first-order valence-electron chi connectivity index (χ1n) is 16.3. The summed E-state index contributed by atoms with van der Waals surface area (Å²) in [4.78, 5) is 32.4. The summed E-state index contributed by atoms with van der Waals surface area (Å²) in [7, 11) is -4.05. The molecule has 2 saturated heterocycles. The first-order chi connectivity index (χ1) is 22.9. The highest BCUT2D eigenvalue weighted by atomic mass is 35.5. The Bertz CT molecular complexity index is 1220. The molecule has 4 rings (SSSR count). The molecule has 5 atom stereocenters. The van der Waals surface area contributed by atoms with Crippen LogP contribution < -0.4 is 10.6 Å². The van der Waals surface area contributed by atoms with E-state index in [1.165, 1.54) is 0 Å². The number of fused-ring (bicyclic) bond motifs is 1. The quantitative estimate of drug-likeness (QED) is 0.0946. The van der Waals surface area contributed by atoms with E-state index in [0.29, 0.717) is 6.61 Å². The van der Waals surface area contributed by atoms with Crippen LogP contribution in [-0.2, 0) is 53.2 Å². The Morgan fingerprint density at radius 2 is 1.67 bits per heavy atom. The number of carbonyl (C=O) groups is 2. The minimum atomic E-state index is -4.05. The van der Waals surface area contributed by atoms with Crippen molar-refractivity contribution in [3.05, 3.63) is 16.5 Å². The standard InChI is InChI=1S/C30H48ClN4O12P/c1-18(2)45-29(36)41-15-43-48(38,44-16-42-30(37)46-19(3)4)17-40-14-24-8-7-23(47-24)12-21-6-9-25-26(20(5)32-21)27(35-28(31)34-25)33-22-10-11-39-13-22/h18-24,32H,6-17H2,1-5H3,(H,33,34,35)/t20?,21?,22-,23?,24?/m0/s1. The molecular formula is C30H48ClN4O12P. The van der Waals surface area contributed by atoms with Crippen molar-refractivity contribution < 1.29 is 56.4 Å². The third-order valence-corrected chi connectivity index (χ3v) is 9.39. The van der Waals surface area contributed by atoms with Crippen molar-refractivity contribution >= 4 is 37.3 Å². The van der Waals surface area contributed by atoms with Gasteiger partial charge in [-0.3, -0.25) is 13.6 Å². The molecule has 2 fully saturated rings. The predicted molar refractivity (Wildman–Crippen MR) is 172 cm³/mol. The Balaban J connectivity index is 1.24. The summed E-state index contributed by atoms with van der Waals surface area (Å²) in [6.07, 6.45) is 1.27. The van der Waals surface area contributed by atoms with E-state index in [0.717, 1.165) is 62.2 Å². The highest BCUT2D eigenvalue weighted by Crippen LogP contribution is 2.48. The molecule has 3 aliphatic heterocycles. The van der Waals surface area contributed by atoms with Gasteiger partial charge in [-0.05, 0) is 84.7 Å². The molecule has 272 valence electrons. The maximum absolute atomic E-state index is 13.3. The summed E-state index contributed by atoms with van der Waals surface area (Å²) in [5.41, 5.74) is 1.97. The SMILES string of the molecule is CC(C)OC(=O)OCOP(=O)(COCC1CCC(CC2CCc3nc(Cl)nc(N[C@H]4CCOC4)c3C(C)N2)O1)OCOC(=O)OC(C)C. The molecule has 1 aromatic rings. The van der Waals surface area contributed by atoms with Gasteiger partial charge in [-0.15, -0.1) is 0 Å². The van der Waals surface area contributed by atoms with Gasteiger partial charge >= 0.3 is 19.9 Å². The van der Waals surface area contributed by atoms with E-state index in [1.807, 2.05) is 0 Å². The highest BCUT2D eigenvalue weighted by molar-refractivity contribution is 7.53. The van der Waals surface area contributed by atoms with Gasteiger partial charge in [-0.25, -0.2) is 19.6 Å². The van der Waals surface area contributed by atoms with E-state index in [2.05, 4.69) is 27.5 Å². The first kappa shape index (κ1) is 38.5. The van der Waals surface area contributed by atoms with Crippen molar-refractivity contribution in [3.63, 3.8) is 0 Å². The molecule has 2 N–H and O–H groups in total. The van der Waals surface area contributed by atoms with Gasteiger partial charge in [0.2, 0.25) is 18.9 Å². The molecule has 1 aromatic heterocycles. The predicted octanol–water partition coefficient (Wildman–Crippen LogP) is 5.47. The molecule has 0 bridgehead atoms. The van der Waals surface area contributed by atoms with Crippen LogP contribution >= 0.6 is 19.2 Å². The summed E-state index contributed by atoms with van der Waals surface area (Å²) in [5, 5.41) is 7.47. The van der Waals surface area contributed by atoms with Crippen LogP contribution in [0.5, 0.6) is 0 Å². The number of aryl methyl sites for hydroxylation is 1. The minimum Gasteiger partial charge on any atom is -0.432 e. The number of ether oxygens (including phenoxy) is 7. The number of halogens is 1. The highest BCUT2D eigenvalue weighted by Gasteiger charge is 2.33.